The van der Waals surface area contributed by atoms with E-state index in [2.05, 4.69) is 13.8 Å². The molecule has 0 amide bonds. The molecule has 1 aliphatic heterocycles. The molecule has 2 heteroatoms. The summed E-state index contributed by atoms with van der Waals surface area (Å²) in [5.74, 6) is 1.09. The van der Waals surface area contributed by atoms with E-state index in [1.54, 1.807) is 0 Å². The van der Waals surface area contributed by atoms with Crippen LogP contribution in [0.3, 0.4) is 0 Å². The Morgan fingerprint density at radius 2 is 2.40 bits per heavy atom. The second-order valence-corrected chi connectivity index (χ2v) is 3.31. The van der Waals surface area contributed by atoms with Crippen LogP contribution < -0.4 is 0 Å². The van der Waals surface area contributed by atoms with Crippen LogP contribution in [0.25, 0.3) is 0 Å². The minimum atomic E-state index is 0.194. The van der Waals surface area contributed by atoms with E-state index in [1.165, 1.54) is 0 Å². The fraction of sp³-hybridized carbons (Fsp3) is 0.875. The highest BCUT2D eigenvalue weighted by molar-refractivity contribution is 5.83. The fourth-order valence-electron chi connectivity index (χ4n) is 1.28. The largest absolute Gasteiger partial charge is 0.373 e. The summed E-state index contributed by atoms with van der Waals surface area (Å²) in [7, 11) is 0. The highest BCUT2D eigenvalue weighted by atomic mass is 16.5. The van der Waals surface area contributed by atoms with Crippen LogP contribution in [0.5, 0.6) is 0 Å². The van der Waals surface area contributed by atoms with Crippen molar-refractivity contribution in [1.82, 2.24) is 0 Å². The van der Waals surface area contributed by atoms with Crippen molar-refractivity contribution in [3.63, 3.8) is 0 Å². The number of rotatable bonds is 2. The second-order valence-electron chi connectivity index (χ2n) is 3.31. The molecule has 0 aromatic carbocycles. The van der Waals surface area contributed by atoms with Crippen molar-refractivity contribution >= 4 is 5.78 Å². The lowest BCUT2D eigenvalue weighted by atomic mass is 9.96. The second kappa shape index (κ2) is 3.15. The molecule has 10 heavy (non-hydrogen) atoms. The molecule has 0 spiro atoms. The van der Waals surface area contributed by atoms with Crippen molar-refractivity contribution in [2.45, 2.75) is 20.3 Å². The van der Waals surface area contributed by atoms with Gasteiger partial charge < -0.3 is 4.74 Å². The number of hydrogen-bond acceptors (Lipinski definition) is 2. The van der Waals surface area contributed by atoms with E-state index in [4.69, 9.17) is 4.74 Å². The predicted molar refractivity (Wildman–Crippen MR) is 38.8 cm³/mol. The minimum Gasteiger partial charge on any atom is -0.373 e. The molecule has 0 aromatic heterocycles. The average Bonchev–Trinajstić information content (AvgIpc) is 2.15. The number of ether oxygens (including phenoxy) is 1. The van der Waals surface area contributed by atoms with E-state index in [0.29, 0.717) is 19.1 Å². The Morgan fingerprint density at radius 1 is 1.70 bits per heavy atom. The maximum atomic E-state index is 11.0. The first-order valence-electron chi connectivity index (χ1n) is 3.80. The van der Waals surface area contributed by atoms with Gasteiger partial charge in [-0.25, -0.2) is 0 Å². The molecule has 1 saturated heterocycles. The Balaban J connectivity index is 2.33. The van der Waals surface area contributed by atoms with Gasteiger partial charge in [-0.05, 0) is 12.3 Å². The highest BCUT2D eigenvalue weighted by Crippen LogP contribution is 2.17. The SMILES string of the molecule is CC(C)C[C@@H]1COCC1=O. The first-order valence-corrected chi connectivity index (χ1v) is 3.80. The van der Waals surface area contributed by atoms with Crippen molar-refractivity contribution < 1.29 is 9.53 Å². The average molecular weight is 142 g/mol. The highest BCUT2D eigenvalue weighted by Gasteiger charge is 2.25. The minimum absolute atomic E-state index is 0.194. The Hall–Kier alpha value is -0.370. The standard InChI is InChI=1S/C8H14O2/c1-6(2)3-7-4-10-5-8(7)9/h6-7H,3-5H2,1-2H3/t7-/m1/s1. The Labute approximate surface area is 61.6 Å². The number of hydrogen-bond donors (Lipinski definition) is 0. The van der Waals surface area contributed by atoms with Gasteiger partial charge in [0.2, 0.25) is 0 Å². The Morgan fingerprint density at radius 3 is 2.80 bits per heavy atom. The lowest BCUT2D eigenvalue weighted by Gasteiger charge is -2.07. The third-order valence-electron chi connectivity index (χ3n) is 1.77. The first-order chi connectivity index (χ1) is 4.70. The molecule has 58 valence electrons. The molecule has 0 aromatic rings. The van der Waals surface area contributed by atoms with Crippen molar-refractivity contribution in [2.24, 2.45) is 11.8 Å². The third-order valence-corrected chi connectivity index (χ3v) is 1.77. The summed E-state index contributed by atoms with van der Waals surface area (Å²) in [6.07, 6.45) is 0.985. The number of carbonyl (C=O) groups is 1. The van der Waals surface area contributed by atoms with Crippen LogP contribution in [-0.2, 0) is 9.53 Å². The lowest BCUT2D eigenvalue weighted by Crippen LogP contribution is -2.13. The summed E-state index contributed by atoms with van der Waals surface area (Å²) >= 11 is 0. The molecule has 2 nitrogen and oxygen atoms in total. The van der Waals surface area contributed by atoms with Crippen molar-refractivity contribution in [1.29, 1.82) is 0 Å². The Bertz CT molecular complexity index is 129. The zero-order valence-electron chi connectivity index (χ0n) is 6.59. The van der Waals surface area contributed by atoms with Crippen LogP contribution in [0.2, 0.25) is 0 Å². The van der Waals surface area contributed by atoms with E-state index in [0.717, 1.165) is 6.42 Å². The Kier molecular flexibility index (Phi) is 2.44. The lowest BCUT2D eigenvalue weighted by molar-refractivity contribution is -0.120. The van der Waals surface area contributed by atoms with Crippen LogP contribution in [0.15, 0.2) is 0 Å². The van der Waals surface area contributed by atoms with Gasteiger partial charge in [0.15, 0.2) is 5.78 Å². The van der Waals surface area contributed by atoms with Crippen molar-refractivity contribution in [2.75, 3.05) is 13.2 Å². The van der Waals surface area contributed by atoms with Gasteiger partial charge in [-0.1, -0.05) is 13.8 Å². The maximum Gasteiger partial charge on any atom is 0.163 e. The summed E-state index contributed by atoms with van der Waals surface area (Å²) < 4.78 is 5.02. The van der Waals surface area contributed by atoms with Gasteiger partial charge in [0, 0.05) is 5.92 Å². The topological polar surface area (TPSA) is 26.3 Å². The molecule has 0 radical (unpaired) electrons. The van der Waals surface area contributed by atoms with Gasteiger partial charge in [-0.15, -0.1) is 0 Å². The number of carbonyl (C=O) groups excluding carboxylic acids is 1. The van der Waals surface area contributed by atoms with E-state index in [-0.39, 0.29) is 11.7 Å². The van der Waals surface area contributed by atoms with Crippen LogP contribution in [0, 0.1) is 11.8 Å². The van der Waals surface area contributed by atoms with E-state index in [1.807, 2.05) is 0 Å². The molecule has 0 unspecified atom stereocenters. The molecule has 0 aliphatic carbocycles. The summed E-state index contributed by atoms with van der Waals surface area (Å²) in [6, 6.07) is 0. The molecule has 0 saturated carbocycles. The van der Waals surface area contributed by atoms with Crippen molar-refractivity contribution in [3.8, 4) is 0 Å². The van der Waals surface area contributed by atoms with Gasteiger partial charge in [-0.3, -0.25) is 4.79 Å². The summed E-state index contributed by atoms with van der Waals surface area (Å²) in [5.41, 5.74) is 0. The van der Waals surface area contributed by atoms with Gasteiger partial charge >= 0.3 is 0 Å². The zero-order valence-corrected chi connectivity index (χ0v) is 6.59. The van der Waals surface area contributed by atoms with Crippen molar-refractivity contribution in [3.05, 3.63) is 0 Å². The van der Waals surface area contributed by atoms with Crippen LogP contribution in [0.1, 0.15) is 20.3 Å². The molecular weight excluding hydrogens is 128 g/mol. The fourth-order valence-corrected chi connectivity index (χ4v) is 1.28. The van der Waals surface area contributed by atoms with Gasteiger partial charge in [-0.2, -0.15) is 0 Å². The molecule has 1 rings (SSSR count). The summed E-state index contributed by atoms with van der Waals surface area (Å²) in [5, 5.41) is 0. The quantitative estimate of drug-likeness (QED) is 0.580. The van der Waals surface area contributed by atoms with Crippen LogP contribution in [0.4, 0.5) is 0 Å². The van der Waals surface area contributed by atoms with E-state index in [9.17, 15) is 4.79 Å². The summed E-state index contributed by atoms with van der Waals surface area (Å²) in [6.45, 7) is 5.26. The zero-order chi connectivity index (χ0) is 7.56. The number of Topliss-reactive ketones (excluding diaryl/α,β-unsaturated/α-hetero) is 1. The molecule has 1 atom stereocenters. The maximum absolute atomic E-state index is 11.0. The van der Waals surface area contributed by atoms with Crippen LogP contribution in [-0.4, -0.2) is 19.0 Å². The van der Waals surface area contributed by atoms with Gasteiger partial charge in [0.05, 0.1) is 6.61 Å². The molecule has 1 aliphatic rings. The first kappa shape index (κ1) is 7.73. The molecule has 1 fully saturated rings. The van der Waals surface area contributed by atoms with E-state index >= 15 is 0 Å². The number of ketones is 1. The molecule has 1 heterocycles. The molecule has 0 bridgehead atoms. The predicted octanol–water partition coefficient (Wildman–Crippen LogP) is 1.25. The van der Waals surface area contributed by atoms with Gasteiger partial charge in [0.25, 0.3) is 0 Å². The third kappa shape index (κ3) is 1.81. The summed E-state index contributed by atoms with van der Waals surface area (Å²) in [4.78, 5) is 11.0. The van der Waals surface area contributed by atoms with Gasteiger partial charge in [0.1, 0.15) is 6.61 Å². The molecular formula is C8H14O2. The van der Waals surface area contributed by atoms with E-state index < -0.39 is 0 Å². The van der Waals surface area contributed by atoms with Crippen LogP contribution >= 0.6 is 0 Å². The smallest absolute Gasteiger partial charge is 0.163 e. The molecule has 0 N–H and O–H groups in total. The monoisotopic (exact) mass is 142 g/mol. The normalized spacial score (nSPS) is 26.3.